The molecule has 5 heteroatoms. The van der Waals surface area contributed by atoms with Gasteiger partial charge in [0, 0.05) is 11.4 Å². The van der Waals surface area contributed by atoms with Crippen molar-refractivity contribution in [3.63, 3.8) is 0 Å². The SMILES string of the molecule is Cc1ccccc1-c1ccc(Nc2ccc(Nc3ccccc3C(=O)O)cc2)c(Cl)c1. The van der Waals surface area contributed by atoms with Crippen LogP contribution in [0, 0.1) is 6.92 Å². The molecule has 4 aromatic rings. The Labute approximate surface area is 186 Å². The first-order valence-electron chi connectivity index (χ1n) is 9.83. The van der Waals surface area contributed by atoms with Crippen molar-refractivity contribution in [1.29, 1.82) is 0 Å². The zero-order valence-electron chi connectivity index (χ0n) is 16.9. The van der Waals surface area contributed by atoms with Gasteiger partial charge in [0.1, 0.15) is 0 Å². The van der Waals surface area contributed by atoms with Gasteiger partial charge < -0.3 is 15.7 Å². The predicted octanol–water partition coefficient (Wildman–Crippen LogP) is 7.50. The number of aryl methyl sites for hydroxylation is 1. The molecule has 0 fully saturated rings. The van der Waals surface area contributed by atoms with Gasteiger partial charge >= 0.3 is 5.97 Å². The molecule has 3 N–H and O–H groups in total. The van der Waals surface area contributed by atoms with Crippen molar-refractivity contribution in [2.24, 2.45) is 0 Å². The molecule has 0 aliphatic heterocycles. The van der Waals surface area contributed by atoms with E-state index in [4.69, 9.17) is 11.6 Å². The van der Waals surface area contributed by atoms with Gasteiger partial charge in [0.15, 0.2) is 0 Å². The molecule has 0 saturated heterocycles. The number of carboxylic acid groups (broad SMARTS) is 1. The maximum Gasteiger partial charge on any atom is 0.337 e. The molecule has 0 amide bonds. The van der Waals surface area contributed by atoms with Gasteiger partial charge in [-0.3, -0.25) is 0 Å². The Bertz CT molecular complexity index is 1240. The summed E-state index contributed by atoms with van der Waals surface area (Å²) < 4.78 is 0. The second-order valence-electron chi connectivity index (χ2n) is 7.19. The minimum atomic E-state index is -0.967. The van der Waals surface area contributed by atoms with E-state index in [-0.39, 0.29) is 5.56 Å². The number of carboxylic acids is 1. The lowest BCUT2D eigenvalue weighted by molar-refractivity contribution is 0.0698. The molecule has 154 valence electrons. The van der Waals surface area contributed by atoms with Crippen molar-refractivity contribution in [2.75, 3.05) is 10.6 Å². The molecule has 0 heterocycles. The fraction of sp³-hybridized carbons (Fsp3) is 0.0385. The van der Waals surface area contributed by atoms with Gasteiger partial charge in [-0.05, 0) is 72.1 Å². The Morgan fingerprint density at radius 2 is 1.39 bits per heavy atom. The minimum Gasteiger partial charge on any atom is -0.478 e. The van der Waals surface area contributed by atoms with Crippen molar-refractivity contribution >= 4 is 40.3 Å². The summed E-state index contributed by atoms with van der Waals surface area (Å²) in [5.74, 6) is -0.967. The first kappa shape index (κ1) is 20.5. The summed E-state index contributed by atoms with van der Waals surface area (Å²) in [6.45, 7) is 2.08. The first-order valence-corrected chi connectivity index (χ1v) is 10.2. The van der Waals surface area contributed by atoms with E-state index in [1.807, 2.05) is 48.5 Å². The lowest BCUT2D eigenvalue weighted by Gasteiger charge is -2.13. The Morgan fingerprint density at radius 1 is 0.774 bits per heavy atom. The molecular formula is C26H21ClN2O2. The van der Waals surface area contributed by atoms with Crippen molar-refractivity contribution in [3.05, 3.63) is 107 Å². The fourth-order valence-electron chi connectivity index (χ4n) is 3.41. The standard InChI is InChI=1S/C26H21ClN2O2/c1-17-6-2-3-7-21(17)18-10-15-25(23(27)16-18)29-20-13-11-19(12-14-20)28-24-9-5-4-8-22(24)26(30)31/h2-16,28-29H,1H3,(H,30,31). The zero-order valence-corrected chi connectivity index (χ0v) is 17.6. The zero-order chi connectivity index (χ0) is 21.8. The number of benzene rings is 4. The number of carbonyl (C=O) groups is 1. The second-order valence-corrected chi connectivity index (χ2v) is 7.59. The van der Waals surface area contributed by atoms with E-state index >= 15 is 0 Å². The Morgan fingerprint density at radius 3 is 2.03 bits per heavy atom. The predicted molar refractivity (Wildman–Crippen MR) is 128 cm³/mol. The van der Waals surface area contributed by atoms with Crippen LogP contribution in [0.4, 0.5) is 22.7 Å². The number of aromatic carboxylic acids is 1. The van der Waals surface area contributed by atoms with Crippen LogP contribution in [0.2, 0.25) is 5.02 Å². The molecule has 0 aliphatic carbocycles. The van der Waals surface area contributed by atoms with Gasteiger partial charge in [0.05, 0.1) is 22.0 Å². The van der Waals surface area contributed by atoms with Gasteiger partial charge in [-0.25, -0.2) is 4.79 Å². The number of hydrogen-bond acceptors (Lipinski definition) is 3. The molecule has 0 aliphatic rings. The Kier molecular flexibility index (Phi) is 5.92. The fourth-order valence-corrected chi connectivity index (χ4v) is 3.64. The Hall–Kier alpha value is -3.76. The molecule has 0 atom stereocenters. The molecule has 0 spiro atoms. The summed E-state index contributed by atoms with van der Waals surface area (Å²) >= 11 is 6.54. The van der Waals surface area contributed by atoms with Crippen LogP contribution in [0.15, 0.2) is 91.0 Å². The smallest absolute Gasteiger partial charge is 0.337 e. The molecule has 0 bridgehead atoms. The van der Waals surface area contributed by atoms with Gasteiger partial charge in [0.2, 0.25) is 0 Å². The van der Waals surface area contributed by atoms with Crippen molar-refractivity contribution in [3.8, 4) is 11.1 Å². The number of anilines is 4. The second kappa shape index (κ2) is 8.94. The molecule has 0 aromatic heterocycles. The molecule has 31 heavy (non-hydrogen) atoms. The lowest BCUT2D eigenvalue weighted by atomic mass is 10.0. The summed E-state index contributed by atoms with van der Waals surface area (Å²) in [6.07, 6.45) is 0. The topological polar surface area (TPSA) is 61.4 Å². The van der Waals surface area contributed by atoms with E-state index < -0.39 is 5.97 Å². The van der Waals surface area contributed by atoms with Crippen molar-refractivity contribution < 1.29 is 9.90 Å². The van der Waals surface area contributed by atoms with Crippen LogP contribution >= 0.6 is 11.6 Å². The first-order chi connectivity index (χ1) is 15.0. The lowest BCUT2D eigenvalue weighted by Crippen LogP contribution is -2.02. The van der Waals surface area contributed by atoms with Crippen LogP contribution in [0.1, 0.15) is 15.9 Å². The highest BCUT2D eigenvalue weighted by Crippen LogP contribution is 2.32. The van der Waals surface area contributed by atoms with Gasteiger partial charge in [-0.15, -0.1) is 0 Å². The van der Waals surface area contributed by atoms with E-state index in [2.05, 4.69) is 35.8 Å². The highest BCUT2D eigenvalue weighted by Gasteiger charge is 2.09. The van der Waals surface area contributed by atoms with Crippen LogP contribution < -0.4 is 10.6 Å². The maximum atomic E-state index is 11.4. The van der Waals surface area contributed by atoms with Crippen LogP contribution in [0.25, 0.3) is 11.1 Å². The van der Waals surface area contributed by atoms with E-state index in [0.717, 1.165) is 28.2 Å². The van der Waals surface area contributed by atoms with E-state index in [0.29, 0.717) is 10.7 Å². The third-order valence-corrected chi connectivity index (χ3v) is 5.34. The number of nitrogens with one attached hydrogen (secondary N) is 2. The summed E-state index contributed by atoms with van der Waals surface area (Å²) in [5.41, 5.74) is 6.69. The molecule has 0 unspecified atom stereocenters. The highest BCUT2D eigenvalue weighted by atomic mass is 35.5. The minimum absolute atomic E-state index is 0.227. The molecule has 0 radical (unpaired) electrons. The normalized spacial score (nSPS) is 10.5. The maximum absolute atomic E-state index is 11.4. The van der Waals surface area contributed by atoms with Gasteiger partial charge in [-0.2, -0.15) is 0 Å². The van der Waals surface area contributed by atoms with Crippen molar-refractivity contribution in [1.82, 2.24) is 0 Å². The molecular weight excluding hydrogens is 408 g/mol. The van der Waals surface area contributed by atoms with Gasteiger partial charge in [0.25, 0.3) is 0 Å². The molecule has 0 saturated carbocycles. The van der Waals surface area contributed by atoms with Crippen molar-refractivity contribution in [2.45, 2.75) is 6.92 Å². The van der Waals surface area contributed by atoms with E-state index in [9.17, 15) is 9.90 Å². The van der Waals surface area contributed by atoms with Crippen LogP contribution in [-0.2, 0) is 0 Å². The number of rotatable bonds is 6. The van der Waals surface area contributed by atoms with Crippen LogP contribution in [0.3, 0.4) is 0 Å². The van der Waals surface area contributed by atoms with E-state index in [1.54, 1.807) is 24.3 Å². The molecule has 4 nitrogen and oxygen atoms in total. The summed E-state index contributed by atoms with van der Waals surface area (Å²) in [7, 11) is 0. The largest absolute Gasteiger partial charge is 0.478 e. The molecule has 4 aromatic carbocycles. The third kappa shape index (κ3) is 4.71. The Balaban J connectivity index is 1.50. The number of hydrogen-bond donors (Lipinski definition) is 3. The quantitative estimate of drug-likeness (QED) is 0.297. The summed E-state index contributed by atoms with van der Waals surface area (Å²) in [6, 6.07) is 28.6. The monoisotopic (exact) mass is 428 g/mol. The van der Waals surface area contributed by atoms with Crippen LogP contribution in [-0.4, -0.2) is 11.1 Å². The average molecular weight is 429 g/mol. The number of para-hydroxylation sites is 1. The van der Waals surface area contributed by atoms with Crippen LogP contribution in [0.5, 0.6) is 0 Å². The summed E-state index contributed by atoms with van der Waals surface area (Å²) in [5, 5.41) is 16.4. The molecule has 4 rings (SSSR count). The number of halogens is 1. The average Bonchev–Trinajstić information content (AvgIpc) is 2.77. The highest BCUT2D eigenvalue weighted by molar-refractivity contribution is 6.33. The van der Waals surface area contributed by atoms with E-state index in [1.165, 1.54) is 5.56 Å². The summed E-state index contributed by atoms with van der Waals surface area (Å²) in [4.78, 5) is 11.4. The third-order valence-electron chi connectivity index (χ3n) is 5.03. The van der Waals surface area contributed by atoms with Gasteiger partial charge in [-0.1, -0.05) is 54.1 Å².